The summed E-state index contributed by atoms with van der Waals surface area (Å²) in [5, 5.41) is 0. The first kappa shape index (κ1) is 15.4. The Kier molecular flexibility index (Phi) is 5.17. The van der Waals surface area contributed by atoms with Crippen LogP contribution in [0.3, 0.4) is 0 Å². The number of nitrogens with zero attached hydrogens (tertiary/aromatic N) is 3. The van der Waals surface area contributed by atoms with E-state index in [9.17, 15) is 4.79 Å². The molecular weight excluding hydrogens is 286 g/mol. The molecule has 1 aliphatic rings. The molecule has 0 N–H and O–H groups in total. The molecule has 0 atom stereocenters. The van der Waals surface area contributed by atoms with E-state index in [0.29, 0.717) is 0 Å². The number of carbonyl (C=O) groups is 1. The summed E-state index contributed by atoms with van der Waals surface area (Å²) < 4.78 is 0. The first-order valence-corrected chi connectivity index (χ1v) is 7.94. The fraction of sp³-hybridized carbons (Fsp3) is 0.263. The van der Waals surface area contributed by atoms with Crippen LogP contribution in [-0.2, 0) is 11.3 Å². The largest absolute Gasteiger partial charge is 0.337 e. The number of benzene rings is 1. The maximum absolute atomic E-state index is 12.2. The van der Waals surface area contributed by atoms with Gasteiger partial charge in [-0.1, -0.05) is 36.4 Å². The van der Waals surface area contributed by atoms with Crippen molar-refractivity contribution < 1.29 is 4.79 Å². The maximum Gasteiger partial charge on any atom is 0.246 e. The Morgan fingerprint density at radius 2 is 1.83 bits per heavy atom. The molecule has 0 bridgehead atoms. The normalized spacial score (nSPS) is 15.9. The molecule has 1 aromatic heterocycles. The van der Waals surface area contributed by atoms with Gasteiger partial charge in [-0.2, -0.15) is 0 Å². The SMILES string of the molecule is O=C(/C=C/c1ccccc1)N1CCN(Cc2cccnc2)CC1. The second-order valence-electron chi connectivity index (χ2n) is 5.71. The highest BCUT2D eigenvalue weighted by Gasteiger charge is 2.19. The molecular formula is C19H21N3O. The van der Waals surface area contributed by atoms with E-state index < -0.39 is 0 Å². The van der Waals surface area contributed by atoms with Gasteiger partial charge in [-0.05, 0) is 23.3 Å². The third kappa shape index (κ3) is 4.50. The predicted octanol–water partition coefficient (Wildman–Crippen LogP) is 2.44. The van der Waals surface area contributed by atoms with Crippen LogP contribution in [0.25, 0.3) is 6.08 Å². The monoisotopic (exact) mass is 307 g/mol. The number of rotatable bonds is 4. The lowest BCUT2D eigenvalue weighted by molar-refractivity contribution is -0.127. The Morgan fingerprint density at radius 3 is 2.52 bits per heavy atom. The van der Waals surface area contributed by atoms with Crippen molar-refractivity contribution in [2.24, 2.45) is 0 Å². The zero-order chi connectivity index (χ0) is 15.9. The third-order valence-corrected chi connectivity index (χ3v) is 4.03. The summed E-state index contributed by atoms with van der Waals surface area (Å²) in [6.07, 6.45) is 7.25. The molecule has 1 aromatic carbocycles. The Bertz CT molecular complexity index is 647. The van der Waals surface area contributed by atoms with Crippen molar-refractivity contribution in [3.8, 4) is 0 Å². The molecule has 0 spiro atoms. The van der Waals surface area contributed by atoms with E-state index in [1.807, 2.05) is 53.6 Å². The van der Waals surface area contributed by atoms with E-state index in [-0.39, 0.29) is 5.91 Å². The number of piperazine rings is 1. The molecule has 0 saturated carbocycles. The maximum atomic E-state index is 12.2. The molecule has 0 aliphatic carbocycles. The van der Waals surface area contributed by atoms with Crippen molar-refractivity contribution >= 4 is 12.0 Å². The van der Waals surface area contributed by atoms with Crippen LogP contribution in [-0.4, -0.2) is 46.9 Å². The summed E-state index contributed by atoms with van der Waals surface area (Å²) in [4.78, 5) is 20.7. The van der Waals surface area contributed by atoms with Crippen molar-refractivity contribution in [3.63, 3.8) is 0 Å². The number of aromatic nitrogens is 1. The lowest BCUT2D eigenvalue weighted by Gasteiger charge is -2.34. The molecule has 1 aliphatic heterocycles. The number of pyridine rings is 1. The molecule has 1 amide bonds. The summed E-state index contributed by atoms with van der Waals surface area (Å²) in [6, 6.07) is 14.0. The van der Waals surface area contributed by atoms with Gasteiger partial charge >= 0.3 is 0 Å². The predicted molar refractivity (Wildman–Crippen MR) is 91.6 cm³/mol. The summed E-state index contributed by atoms with van der Waals surface area (Å²) in [6.45, 7) is 4.26. The van der Waals surface area contributed by atoms with Gasteiger partial charge in [0.2, 0.25) is 5.91 Å². The zero-order valence-corrected chi connectivity index (χ0v) is 13.1. The molecule has 0 radical (unpaired) electrons. The van der Waals surface area contributed by atoms with Crippen LogP contribution >= 0.6 is 0 Å². The van der Waals surface area contributed by atoms with Crippen LogP contribution < -0.4 is 0 Å². The van der Waals surface area contributed by atoms with Crippen LogP contribution in [0.15, 0.2) is 60.9 Å². The number of carbonyl (C=O) groups excluding carboxylic acids is 1. The number of amides is 1. The first-order chi connectivity index (χ1) is 11.3. The Balaban J connectivity index is 1.48. The van der Waals surface area contributed by atoms with Gasteiger partial charge in [-0.15, -0.1) is 0 Å². The fourth-order valence-electron chi connectivity index (χ4n) is 2.71. The van der Waals surface area contributed by atoms with Crippen molar-refractivity contribution in [2.45, 2.75) is 6.54 Å². The van der Waals surface area contributed by atoms with E-state index in [4.69, 9.17) is 0 Å². The Hall–Kier alpha value is -2.46. The Morgan fingerprint density at radius 1 is 1.04 bits per heavy atom. The average Bonchev–Trinajstić information content (AvgIpc) is 2.62. The highest BCUT2D eigenvalue weighted by atomic mass is 16.2. The summed E-state index contributed by atoms with van der Waals surface area (Å²) >= 11 is 0. The summed E-state index contributed by atoms with van der Waals surface area (Å²) in [5.41, 5.74) is 2.27. The standard InChI is InChI=1S/C19H21N3O/c23-19(9-8-17-5-2-1-3-6-17)22-13-11-21(12-14-22)16-18-7-4-10-20-15-18/h1-10,15H,11-14,16H2/b9-8+. The average molecular weight is 307 g/mol. The quantitative estimate of drug-likeness (QED) is 0.814. The van der Waals surface area contributed by atoms with Crippen LogP contribution in [0.2, 0.25) is 0 Å². The second kappa shape index (κ2) is 7.70. The second-order valence-corrected chi connectivity index (χ2v) is 5.71. The molecule has 4 heteroatoms. The highest BCUT2D eigenvalue weighted by molar-refractivity contribution is 5.91. The molecule has 2 heterocycles. The van der Waals surface area contributed by atoms with Crippen LogP contribution in [0.5, 0.6) is 0 Å². The topological polar surface area (TPSA) is 36.4 Å². The summed E-state index contributed by atoms with van der Waals surface area (Å²) in [5.74, 6) is 0.0925. The van der Waals surface area contributed by atoms with Gasteiger partial charge in [-0.25, -0.2) is 0 Å². The van der Waals surface area contributed by atoms with Crippen LogP contribution in [0, 0.1) is 0 Å². The van der Waals surface area contributed by atoms with E-state index in [2.05, 4.69) is 16.0 Å². The first-order valence-electron chi connectivity index (χ1n) is 7.94. The van der Waals surface area contributed by atoms with Gasteiger partial charge in [0.25, 0.3) is 0 Å². The number of hydrogen-bond acceptors (Lipinski definition) is 3. The lowest BCUT2D eigenvalue weighted by atomic mass is 10.2. The fourth-order valence-corrected chi connectivity index (χ4v) is 2.71. The summed E-state index contributed by atoms with van der Waals surface area (Å²) in [7, 11) is 0. The van der Waals surface area contributed by atoms with E-state index in [1.165, 1.54) is 5.56 Å². The molecule has 118 valence electrons. The third-order valence-electron chi connectivity index (χ3n) is 4.03. The molecule has 4 nitrogen and oxygen atoms in total. The van der Waals surface area contributed by atoms with E-state index in [0.717, 1.165) is 38.3 Å². The molecule has 1 fully saturated rings. The van der Waals surface area contributed by atoms with Crippen LogP contribution in [0.1, 0.15) is 11.1 Å². The molecule has 0 unspecified atom stereocenters. The minimum Gasteiger partial charge on any atom is -0.337 e. The molecule has 23 heavy (non-hydrogen) atoms. The van der Waals surface area contributed by atoms with E-state index >= 15 is 0 Å². The molecule has 1 saturated heterocycles. The zero-order valence-electron chi connectivity index (χ0n) is 13.1. The van der Waals surface area contributed by atoms with E-state index in [1.54, 1.807) is 12.3 Å². The van der Waals surface area contributed by atoms with Gasteiger partial charge in [0, 0.05) is 51.2 Å². The minimum atomic E-state index is 0.0925. The van der Waals surface area contributed by atoms with Gasteiger partial charge in [0.15, 0.2) is 0 Å². The lowest BCUT2D eigenvalue weighted by Crippen LogP contribution is -2.47. The van der Waals surface area contributed by atoms with Crippen molar-refractivity contribution in [1.82, 2.24) is 14.8 Å². The van der Waals surface area contributed by atoms with Crippen molar-refractivity contribution in [2.75, 3.05) is 26.2 Å². The van der Waals surface area contributed by atoms with Crippen molar-refractivity contribution in [3.05, 3.63) is 72.1 Å². The minimum absolute atomic E-state index is 0.0925. The molecule has 3 rings (SSSR count). The highest BCUT2D eigenvalue weighted by Crippen LogP contribution is 2.09. The van der Waals surface area contributed by atoms with Gasteiger partial charge in [-0.3, -0.25) is 14.7 Å². The van der Waals surface area contributed by atoms with Crippen molar-refractivity contribution in [1.29, 1.82) is 0 Å². The van der Waals surface area contributed by atoms with Gasteiger partial charge in [0.1, 0.15) is 0 Å². The van der Waals surface area contributed by atoms with Gasteiger partial charge < -0.3 is 4.90 Å². The Labute approximate surface area is 137 Å². The van der Waals surface area contributed by atoms with Crippen LogP contribution in [0.4, 0.5) is 0 Å². The van der Waals surface area contributed by atoms with Gasteiger partial charge in [0.05, 0.1) is 0 Å². The smallest absolute Gasteiger partial charge is 0.246 e. The molecule has 2 aromatic rings. The number of hydrogen-bond donors (Lipinski definition) is 0.